The van der Waals surface area contributed by atoms with Crippen molar-refractivity contribution in [2.75, 3.05) is 0 Å². The van der Waals surface area contributed by atoms with Gasteiger partial charge in [0.2, 0.25) is 0 Å². The molecule has 1 fully saturated rings. The van der Waals surface area contributed by atoms with Crippen molar-refractivity contribution in [3.05, 3.63) is 0 Å². The molecule has 0 bridgehead atoms. The van der Waals surface area contributed by atoms with E-state index in [0.29, 0.717) is 0 Å². The molecule has 1 aliphatic carbocycles. The van der Waals surface area contributed by atoms with Crippen LogP contribution >= 0.6 is 0 Å². The van der Waals surface area contributed by atoms with Crippen LogP contribution in [0.5, 0.6) is 0 Å². The maximum absolute atomic E-state index is 11.8. The first-order chi connectivity index (χ1) is 7.31. The van der Waals surface area contributed by atoms with E-state index < -0.39 is 23.5 Å². The van der Waals surface area contributed by atoms with Gasteiger partial charge in [0.05, 0.1) is 0 Å². The largest absolute Gasteiger partial charge is 0.481 e. The van der Waals surface area contributed by atoms with Gasteiger partial charge in [0.1, 0.15) is 5.60 Å². The predicted octanol–water partition coefficient (Wildman–Crippen LogP) is 2.22. The van der Waals surface area contributed by atoms with Crippen LogP contribution in [0.4, 0.5) is 0 Å². The van der Waals surface area contributed by atoms with E-state index in [0.717, 1.165) is 25.7 Å². The van der Waals surface area contributed by atoms with Gasteiger partial charge in [-0.3, -0.25) is 9.59 Å². The lowest BCUT2D eigenvalue weighted by Crippen LogP contribution is -2.36. The lowest BCUT2D eigenvalue weighted by molar-refractivity contribution is -0.169. The zero-order chi connectivity index (χ0) is 12.3. The maximum atomic E-state index is 11.8. The molecule has 0 aliphatic heterocycles. The van der Waals surface area contributed by atoms with Crippen molar-refractivity contribution < 1.29 is 19.4 Å². The van der Waals surface area contributed by atoms with Crippen molar-refractivity contribution in [3.63, 3.8) is 0 Å². The Morgan fingerprint density at radius 3 is 2.12 bits per heavy atom. The molecular weight excluding hydrogens is 208 g/mol. The highest BCUT2D eigenvalue weighted by Gasteiger charge is 2.39. The number of carbonyl (C=O) groups is 2. The summed E-state index contributed by atoms with van der Waals surface area (Å²) in [5, 5.41) is 9.10. The quantitative estimate of drug-likeness (QED) is 0.594. The molecule has 0 aromatic carbocycles. The molecule has 16 heavy (non-hydrogen) atoms. The fraction of sp³-hybridized carbons (Fsp3) is 0.833. The van der Waals surface area contributed by atoms with Crippen LogP contribution in [0, 0.1) is 11.8 Å². The summed E-state index contributed by atoms with van der Waals surface area (Å²) in [6.07, 6.45) is 3.65. The van der Waals surface area contributed by atoms with Gasteiger partial charge in [-0.05, 0) is 39.5 Å². The van der Waals surface area contributed by atoms with E-state index in [-0.39, 0.29) is 5.92 Å². The Labute approximate surface area is 96.0 Å². The molecule has 92 valence electrons. The van der Waals surface area contributed by atoms with Gasteiger partial charge in [-0.1, -0.05) is 12.8 Å². The summed E-state index contributed by atoms with van der Waals surface area (Å²) in [6.45, 7) is 5.25. The van der Waals surface area contributed by atoms with Crippen molar-refractivity contribution in [1.29, 1.82) is 0 Å². The number of hydrogen-bond acceptors (Lipinski definition) is 3. The Balaban J connectivity index is 2.70. The first-order valence-electron chi connectivity index (χ1n) is 5.77. The van der Waals surface area contributed by atoms with Gasteiger partial charge < -0.3 is 9.84 Å². The van der Waals surface area contributed by atoms with Gasteiger partial charge in [-0.15, -0.1) is 0 Å². The second kappa shape index (κ2) is 4.85. The Kier molecular flexibility index (Phi) is 3.94. The van der Waals surface area contributed by atoms with Crippen LogP contribution in [0.2, 0.25) is 0 Å². The van der Waals surface area contributed by atoms with E-state index in [1.807, 2.05) is 0 Å². The summed E-state index contributed by atoms with van der Waals surface area (Å²) >= 11 is 0. The SMILES string of the molecule is CC(C)(C)OC(=O)C(C(=O)O)C1CCCC1. The third kappa shape index (κ3) is 3.51. The third-order valence-corrected chi connectivity index (χ3v) is 2.80. The van der Waals surface area contributed by atoms with Crippen molar-refractivity contribution >= 4 is 11.9 Å². The Hall–Kier alpha value is -1.06. The fourth-order valence-corrected chi connectivity index (χ4v) is 2.15. The smallest absolute Gasteiger partial charge is 0.321 e. The molecule has 0 aromatic heterocycles. The summed E-state index contributed by atoms with van der Waals surface area (Å²) in [5.74, 6) is -2.68. The molecule has 0 heterocycles. The molecule has 1 unspecified atom stereocenters. The van der Waals surface area contributed by atoms with E-state index >= 15 is 0 Å². The minimum Gasteiger partial charge on any atom is -0.481 e. The van der Waals surface area contributed by atoms with E-state index in [1.54, 1.807) is 20.8 Å². The van der Waals surface area contributed by atoms with Crippen molar-refractivity contribution in [3.8, 4) is 0 Å². The predicted molar refractivity (Wildman–Crippen MR) is 58.9 cm³/mol. The number of aliphatic carboxylic acids is 1. The highest BCUT2D eigenvalue weighted by Crippen LogP contribution is 2.33. The summed E-state index contributed by atoms with van der Waals surface area (Å²) in [6, 6.07) is 0. The molecular formula is C12H20O4. The van der Waals surface area contributed by atoms with Gasteiger partial charge in [0.25, 0.3) is 0 Å². The Morgan fingerprint density at radius 1 is 1.25 bits per heavy atom. The second-order valence-corrected chi connectivity index (χ2v) is 5.39. The molecule has 4 nitrogen and oxygen atoms in total. The van der Waals surface area contributed by atoms with Crippen LogP contribution in [-0.4, -0.2) is 22.6 Å². The van der Waals surface area contributed by atoms with Gasteiger partial charge in [-0.25, -0.2) is 0 Å². The first-order valence-corrected chi connectivity index (χ1v) is 5.77. The lowest BCUT2D eigenvalue weighted by Gasteiger charge is -2.24. The summed E-state index contributed by atoms with van der Waals surface area (Å²) in [7, 11) is 0. The van der Waals surface area contributed by atoms with E-state index in [2.05, 4.69) is 0 Å². The summed E-state index contributed by atoms with van der Waals surface area (Å²) in [5.41, 5.74) is -0.622. The van der Waals surface area contributed by atoms with Crippen LogP contribution in [-0.2, 0) is 14.3 Å². The Morgan fingerprint density at radius 2 is 1.75 bits per heavy atom. The van der Waals surface area contributed by atoms with Crippen molar-refractivity contribution in [2.45, 2.75) is 52.1 Å². The molecule has 0 spiro atoms. The highest BCUT2D eigenvalue weighted by atomic mass is 16.6. The molecule has 4 heteroatoms. The average Bonchev–Trinajstić information content (AvgIpc) is 2.52. The molecule has 0 aromatic rings. The summed E-state index contributed by atoms with van der Waals surface area (Å²) in [4.78, 5) is 22.9. The number of carbonyl (C=O) groups excluding carboxylic acids is 1. The summed E-state index contributed by atoms with van der Waals surface area (Å²) < 4.78 is 5.15. The van der Waals surface area contributed by atoms with Gasteiger partial charge >= 0.3 is 11.9 Å². The van der Waals surface area contributed by atoms with Crippen LogP contribution < -0.4 is 0 Å². The van der Waals surface area contributed by atoms with Crippen LogP contribution in [0.25, 0.3) is 0 Å². The maximum Gasteiger partial charge on any atom is 0.321 e. The Bertz CT molecular complexity index is 271. The molecule has 0 radical (unpaired) electrons. The topological polar surface area (TPSA) is 63.6 Å². The number of ether oxygens (including phenoxy) is 1. The highest BCUT2D eigenvalue weighted by molar-refractivity contribution is 5.94. The van der Waals surface area contributed by atoms with E-state index in [1.165, 1.54) is 0 Å². The number of rotatable bonds is 3. The van der Waals surface area contributed by atoms with Crippen LogP contribution in [0.3, 0.4) is 0 Å². The molecule has 0 amide bonds. The van der Waals surface area contributed by atoms with Gasteiger partial charge in [-0.2, -0.15) is 0 Å². The van der Waals surface area contributed by atoms with E-state index in [4.69, 9.17) is 9.84 Å². The number of esters is 1. The number of hydrogen-bond donors (Lipinski definition) is 1. The molecule has 0 saturated heterocycles. The monoisotopic (exact) mass is 228 g/mol. The third-order valence-electron chi connectivity index (χ3n) is 2.80. The fourth-order valence-electron chi connectivity index (χ4n) is 2.15. The lowest BCUT2D eigenvalue weighted by atomic mass is 9.91. The zero-order valence-electron chi connectivity index (χ0n) is 10.2. The second-order valence-electron chi connectivity index (χ2n) is 5.39. The average molecular weight is 228 g/mol. The van der Waals surface area contributed by atoms with Crippen LogP contribution in [0.15, 0.2) is 0 Å². The minimum absolute atomic E-state index is 0.0488. The van der Waals surface area contributed by atoms with Crippen molar-refractivity contribution in [2.24, 2.45) is 11.8 Å². The van der Waals surface area contributed by atoms with Gasteiger partial charge in [0, 0.05) is 0 Å². The molecule has 1 N–H and O–H groups in total. The van der Waals surface area contributed by atoms with Crippen molar-refractivity contribution in [1.82, 2.24) is 0 Å². The zero-order valence-corrected chi connectivity index (χ0v) is 10.2. The minimum atomic E-state index is -1.05. The molecule has 1 rings (SSSR count). The van der Waals surface area contributed by atoms with Gasteiger partial charge in [0.15, 0.2) is 5.92 Å². The van der Waals surface area contributed by atoms with Crippen LogP contribution in [0.1, 0.15) is 46.5 Å². The number of carboxylic acids is 1. The number of carboxylic acid groups (broad SMARTS) is 1. The molecule has 1 aliphatic rings. The standard InChI is InChI=1S/C12H20O4/c1-12(2,3)16-11(15)9(10(13)14)8-6-4-5-7-8/h8-9H,4-7H2,1-3H3,(H,13,14). The molecule has 1 saturated carbocycles. The van der Waals surface area contributed by atoms with E-state index in [9.17, 15) is 9.59 Å². The normalized spacial score (nSPS) is 19.4. The molecule has 1 atom stereocenters. The first kappa shape index (κ1) is 13.0.